The Bertz CT molecular complexity index is 329. The fourth-order valence-corrected chi connectivity index (χ4v) is 1.42. The number of halogens is 2. The second-order valence-corrected chi connectivity index (χ2v) is 4.23. The molecular formula is C10H12Cl2N2O. The third-order valence-electron chi connectivity index (χ3n) is 2.14. The zero-order chi connectivity index (χ0) is 11.4. The minimum atomic E-state index is -1.12. The summed E-state index contributed by atoms with van der Waals surface area (Å²) in [4.78, 5) is 10.3. The molecule has 0 spiro atoms. The lowest BCUT2D eigenvalue weighted by Crippen LogP contribution is -2.42. The molecule has 1 aromatic carbocycles. The molecule has 1 atom stereocenters. The Hall–Kier alpha value is -0.770. The normalized spacial score (nSPS) is 12.6. The smallest absolute Gasteiger partial charge is 0.270 e. The van der Waals surface area contributed by atoms with Gasteiger partial charge in [0.15, 0.2) is 4.84 Å². The largest absolute Gasteiger partial charge is 0.271 e. The average Bonchev–Trinajstić information content (AvgIpc) is 2.27. The number of hydrogen-bond donors (Lipinski definition) is 1. The summed E-state index contributed by atoms with van der Waals surface area (Å²) in [5.74, 6) is 5.10. The molecule has 0 fully saturated rings. The van der Waals surface area contributed by atoms with Gasteiger partial charge in [0, 0.05) is 0 Å². The number of alkyl halides is 2. The van der Waals surface area contributed by atoms with Crippen molar-refractivity contribution in [2.75, 3.05) is 0 Å². The summed E-state index contributed by atoms with van der Waals surface area (Å²) in [6, 6.07) is 9.17. The number of rotatable bonds is 3. The Morgan fingerprint density at radius 3 is 2.33 bits per heavy atom. The van der Waals surface area contributed by atoms with Gasteiger partial charge in [-0.1, -0.05) is 53.5 Å². The molecule has 1 aromatic rings. The molecule has 1 rings (SSSR count). The van der Waals surface area contributed by atoms with E-state index in [9.17, 15) is 4.79 Å². The van der Waals surface area contributed by atoms with Crippen LogP contribution in [0.5, 0.6) is 0 Å². The SMILES string of the molecule is CC(c1ccccc1)N(N)C(=O)C(Cl)Cl. The third-order valence-corrected chi connectivity index (χ3v) is 2.51. The molecule has 0 aliphatic rings. The van der Waals surface area contributed by atoms with E-state index >= 15 is 0 Å². The van der Waals surface area contributed by atoms with Crippen molar-refractivity contribution in [3.63, 3.8) is 0 Å². The molecule has 0 heterocycles. The van der Waals surface area contributed by atoms with Crippen LogP contribution in [0.3, 0.4) is 0 Å². The molecule has 0 saturated heterocycles. The topological polar surface area (TPSA) is 46.3 Å². The molecule has 82 valence electrons. The van der Waals surface area contributed by atoms with E-state index in [-0.39, 0.29) is 6.04 Å². The number of carbonyl (C=O) groups excluding carboxylic acids is 1. The van der Waals surface area contributed by atoms with E-state index in [1.54, 1.807) is 0 Å². The van der Waals surface area contributed by atoms with Crippen LogP contribution in [-0.2, 0) is 4.79 Å². The van der Waals surface area contributed by atoms with Crippen molar-refractivity contribution in [2.24, 2.45) is 5.84 Å². The highest BCUT2D eigenvalue weighted by molar-refractivity contribution is 6.53. The Morgan fingerprint density at radius 1 is 1.33 bits per heavy atom. The van der Waals surface area contributed by atoms with E-state index < -0.39 is 10.7 Å². The average molecular weight is 247 g/mol. The zero-order valence-corrected chi connectivity index (χ0v) is 9.74. The monoisotopic (exact) mass is 246 g/mol. The lowest BCUT2D eigenvalue weighted by Gasteiger charge is -2.24. The molecule has 0 aliphatic heterocycles. The fraction of sp³-hybridized carbons (Fsp3) is 0.300. The van der Waals surface area contributed by atoms with Crippen LogP contribution in [0.1, 0.15) is 18.5 Å². The summed E-state index contributed by atoms with van der Waals surface area (Å²) in [6.45, 7) is 1.81. The van der Waals surface area contributed by atoms with Crippen LogP contribution in [0.2, 0.25) is 0 Å². The third kappa shape index (κ3) is 3.09. The number of hydrazine groups is 1. The number of nitrogens with two attached hydrogens (primary N) is 1. The minimum Gasteiger partial charge on any atom is -0.271 e. The lowest BCUT2D eigenvalue weighted by atomic mass is 10.1. The van der Waals surface area contributed by atoms with Gasteiger partial charge in [-0.2, -0.15) is 0 Å². The predicted molar refractivity (Wildman–Crippen MR) is 61.4 cm³/mol. The quantitative estimate of drug-likeness (QED) is 0.385. The second-order valence-electron chi connectivity index (χ2n) is 3.13. The van der Waals surface area contributed by atoms with Crippen molar-refractivity contribution >= 4 is 29.1 Å². The summed E-state index contributed by atoms with van der Waals surface area (Å²) >= 11 is 10.9. The molecular weight excluding hydrogens is 235 g/mol. The van der Waals surface area contributed by atoms with Gasteiger partial charge in [-0.05, 0) is 12.5 Å². The van der Waals surface area contributed by atoms with Gasteiger partial charge in [-0.25, -0.2) is 5.84 Å². The van der Waals surface area contributed by atoms with Crippen LogP contribution in [0.25, 0.3) is 0 Å². The van der Waals surface area contributed by atoms with Crippen LogP contribution in [0.4, 0.5) is 0 Å². The summed E-state index contributed by atoms with van der Waals surface area (Å²) in [5, 5.41) is 1.04. The van der Waals surface area contributed by atoms with Crippen molar-refractivity contribution in [3.05, 3.63) is 35.9 Å². The van der Waals surface area contributed by atoms with E-state index in [2.05, 4.69) is 0 Å². The molecule has 0 bridgehead atoms. The number of amides is 1. The van der Waals surface area contributed by atoms with Gasteiger partial charge in [-0.3, -0.25) is 9.80 Å². The van der Waals surface area contributed by atoms with Gasteiger partial charge in [0.25, 0.3) is 5.91 Å². The zero-order valence-electron chi connectivity index (χ0n) is 8.23. The highest BCUT2D eigenvalue weighted by Crippen LogP contribution is 2.19. The fourth-order valence-electron chi connectivity index (χ4n) is 1.20. The molecule has 2 N–H and O–H groups in total. The molecule has 3 nitrogen and oxygen atoms in total. The van der Waals surface area contributed by atoms with Gasteiger partial charge < -0.3 is 0 Å². The van der Waals surface area contributed by atoms with Crippen LogP contribution in [0.15, 0.2) is 30.3 Å². The van der Waals surface area contributed by atoms with Crippen LogP contribution in [-0.4, -0.2) is 15.8 Å². The first-order valence-corrected chi connectivity index (χ1v) is 5.32. The van der Waals surface area contributed by atoms with Gasteiger partial charge in [0.05, 0.1) is 6.04 Å². The van der Waals surface area contributed by atoms with Crippen molar-refractivity contribution in [3.8, 4) is 0 Å². The molecule has 1 amide bonds. The maximum Gasteiger partial charge on any atom is 0.270 e. The number of hydrogen-bond acceptors (Lipinski definition) is 2. The lowest BCUT2D eigenvalue weighted by molar-refractivity contribution is -0.131. The number of benzene rings is 1. The van der Waals surface area contributed by atoms with Crippen molar-refractivity contribution in [2.45, 2.75) is 17.8 Å². The predicted octanol–water partition coefficient (Wildman–Crippen LogP) is 2.25. The first kappa shape index (κ1) is 12.3. The Morgan fingerprint density at radius 2 is 1.87 bits per heavy atom. The second kappa shape index (κ2) is 5.35. The van der Waals surface area contributed by atoms with Crippen LogP contribution < -0.4 is 5.84 Å². The molecule has 0 saturated carbocycles. The van der Waals surface area contributed by atoms with E-state index in [1.165, 1.54) is 0 Å². The summed E-state index contributed by atoms with van der Waals surface area (Å²) in [7, 11) is 0. The molecule has 15 heavy (non-hydrogen) atoms. The van der Waals surface area contributed by atoms with E-state index in [0.717, 1.165) is 10.6 Å². The van der Waals surface area contributed by atoms with Crippen molar-refractivity contribution in [1.82, 2.24) is 5.01 Å². The van der Waals surface area contributed by atoms with E-state index in [1.807, 2.05) is 37.3 Å². The molecule has 0 aliphatic carbocycles. The van der Waals surface area contributed by atoms with E-state index in [0.29, 0.717) is 0 Å². The van der Waals surface area contributed by atoms with Gasteiger partial charge in [-0.15, -0.1) is 0 Å². The van der Waals surface area contributed by atoms with E-state index in [4.69, 9.17) is 29.0 Å². The van der Waals surface area contributed by atoms with Gasteiger partial charge in [0.2, 0.25) is 0 Å². The highest BCUT2D eigenvalue weighted by Gasteiger charge is 2.22. The maximum atomic E-state index is 11.4. The Kier molecular flexibility index (Phi) is 4.39. The summed E-state index contributed by atoms with van der Waals surface area (Å²) < 4.78 is 0. The first-order valence-electron chi connectivity index (χ1n) is 4.45. The van der Waals surface area contributed by atoms with Crippen LogP contribution >= 0.6 is 23.2 Å². The molecule has 0 aromatic heterocycles. The summed E-state index contributed by atoms with van der Waals surface area (Å²) in [6.07, 6.45) is 0. The van der Waals surface area contributed by atoms with Crippen LogP contribution in [0, 0.1) is 0 Å². The molecule has 1 unspecified atom stereocenters. The van der Waals surface area contributed by atoms with Crippen molar-refractivity contribution < 1.29 is 4.79 Å². The highest BCUT2D eigenvalue weighted by atomic mass is 35.5. The van der Waals surface area contributed by atoms with Crippen molar-refractivity contribution in [1.29, 1.82) is 0 Å². The standard InChI is InChI=1S/C10H12Cl2N2O/c1-7(8-5-3-2-4-6-8)14(13)10(15)9(11)12/h2-7,9H,13H2,1H3. The van der Waals surface area contributed by atoms with Gasteiger partial charge >= 0.3 is 0 Å². The molecule has 5 heteroatoms. The van der Waals surface area contributed by atoms with Gasteiger partial charge in [0.1, 0.15) is 0 Å². The number of carbonyl (C=O) groups is 1. The Balaban J connectivity index is 2.77. The Labute approximate surface area is 98.7 Å². The first-order chi connectivity index (χ1) is 7.04. The number of nitrogens with zero attached hydrogens (tertiary/aromatic N) is 1. The summed E-state index contributed by atoms with van der Waals surface area (Å²) in [5.41, 5.74) is 0.933. The minimum absolute atomic E-state index is 0.251. The maximum absolute atomic E-state index is 11.4. The molecule has 0 radical (unpaired) electrons.